The summed E-state index contributed by atoms with van der Waals surface area (Å²) >= 11 is 1.32. The van der Waals surface area contributed by atoms with Gasteiger partial charge in [0, 0.05) is 19.4 Å². The van der Waals surface area contributed by atoms with Crippen LogP contribution in [0.25, 0.3) is 11.4 Å². The molecule has 0 amide bonds. The van der Waals surface area contributed by atoms with Gasteiger partial charge in [0.05, 0.1) is 6.20 Å². The third-order valence-electron chi connectivity index (χ3n) is 1.67. The number of thiazole rings is 1. The van der Waals surface area contributed by atoms with Crippen molar-refractivity contribution in [1.29, 1.82) is 0 Å². The van der Waals surface area contributed by atoms with Crippen LogP contribution >= 0.6 is 11.3 Å². The zero-order valence-corrected chi connectivity index (χ0v) is 8.58. The highest BCUT2D eigenvalue weighted by molar-refractivity contribution is 7.12. The van der Waals surface area contributed by atoms with Crippen LogP contribution in [0.2, 0.25) is 0 Å². The van der Waals surface area contributed by atoms with Gasteiger partial charge in [-0.05, 0) is 0 Å². The van der Waals surface area contributed by atoms with E-state index in [2.05, 4.69) is 15.2 Å². The molecule has 0 spiro atoms. The number of rotatable bonds is 2. The van der Waals surface area contributed by atoms with E-state index in [0.717, 1.165) is 0 Å². The number of aromatic nitrogens is 4. The van der Waals surface area contributed by atoms with Gasteiger partial charge in [0.25, 0.3) is 0 Å². The Kier molecular flexibility index (Phi) is 2.12. The number of carbonyl (C=O) groups is 1. The first-order chi connectivity index (χ1) is 6.66. The van der Waals surface area contributed by atoms with E-state index in [4.69, 9.17) is 0 Å². The molecule has 2 aromatic rings. The molecule has 0 aliphatic heterocycles. The van der Waals surface area contributed by atoms with Crippen molar-refractivity contribution in [2.24, 2.45) is 7.05 Å². The third kappa shape index (κ3) is 1.56. The van der Waals surface area contributed by atoms with E-state index in [1.54, 1.807) is 18.6 Å². The minimum Gasteiger partial charge on any atom is -0.292 e. The molecule has 0 unspecified atom stereocenters. The maximum atomic E-state index is 11.0. The van der Waals surface area contributed by atoms with Crippen molar-refractivity contribution in [3.63, 3.8) is 0 Å². The summed E-state index contributed by atoms with van der Waals surface area (Å²) in [5.74, 6) is -0.0230. The molecule has 2 aromatic heterocycles. The zero-order chi connectivity index (χ0) is 10.1. The Morgan fingerprint density at radius 3 is 2.79 bits per heavy atom. The minimum absolute atomic E-state index is 0.0230. The van der Waals surface area contributed by atoms with Crippen molar-refractivity contribution in [1.82, 2.24) is 20.0 Å². The number of carbonyl (C=O) groups excluding carboxylic acids is 1. The van der Waals surface area contributed by atoms with Crippen LogP contribution in [-0.2, 0) is 7.05 Å². The largest absolute Gasteiger partial charge is 0.292 e. The van der Waals surface area contributed by atoms with E-state index in [1.807, 2.05) is 0 Å². The van der Waals surface area contributed by atoms with Gasteiger partial charge in [-0.25, -0.2) is 4.98 Å². The lowest BCUT2D eigenvalue weighted by atomic mass is 10.4. The lowest BCUT2D eigenvalue weighted by Crippen LogP contribution is -1.92. The van der Waals surface area contributed by atoms with Crippen molar-refractivity contribution in [3.05, 3.63) is 16.6 Å². The van der Waals surface area contributed by atoms with Crippen LogP contribution in [0.15, 0.2) is 11.6 Å². The standard InChI is InChI=1S/C8H8N4OS/c1-5(13)8-10-7(4-14-8)6-3-9-12(2)11-6/h3-4H,1-2H3. The average molecular weight is 208 g/mol. The molecule has 2 rings (SSSR count). The summed E-state index contributed by atoms with van der Waals surface area (Å²) in [7, 11) is 1.74. The number of Topliss-reactive ketones (excluding diaryl/α,β-unsaturated/α-hetero) is 1. The fourth-order valence-corrected chi connectivity index (χ4v) is 1.73. The van der Waals surface area contributed by atoms with Crippen molar-refractivity contribution >= 4 is 17.1 Å². The monoisotopic (exact) mass is 208 g/mol. The Morgan fingerprint density at radius 1 is 1.50 bits per heavy atom. The van der Waals surface area contributed by atoms with E-state index in [9.17, 15) is 4.79 Å². The summed E-state index contributed by atoms with van der Waals surface area (Å²) < 4.78 is 0. The molecular formula is C8H8N4OS. The highest BCUT2D eigenvalue weighted by Gasteiger charge is 2.09. The van der Waals surface area contributed by atoms with Gasteiger partial charge in [-0.15, -0.1) is 11.3 Å². The first-order valence-corrected chi connectivity index (χ1v) is 4.88. The highest BCUT2D eigenvalue weighted by atomic mass is 32.1. The minimum atomic E-state index is -0.0230. The molecule has 0 aliphatic carbocycles. The molecular weight excluding hydrogens is 200 g/mol. The van der Waals surface area contributed by atoms with Crippen LogP contribution in [0.5, 0.6) is 0 Å². The summed E-state index contributed by atoms with van der Waals surface area (Å²) in [6.45, 7) is 1.50. The SMILES string of the molecule is CC(=O)c1nc(-c2cnn(C)n2)cs1. The van der Waals surface area contributed by atoms with Gasteiger partial charge in [-0.1, -0.05) is 0 Å². The second-order valence-corrected chi connectivity index (χ2v) is 3.67. The Morgan fingerprint density at radius 2 is 2.29 bits per heavy atom. The highest BCUT2D eigenvalue weighted by Crippen LogP contribution is 2.19. The molecule has 2 heterocycles. The topological polar surface area (TPSA) is 60.7 Å². The summed E-state index contributed by atoms with van der Waals surface area (Å²) in [4.78, 5) is 16.6. The van der Waals surface area contributed by atoms with E-state index in [-0.39, 0.29) is 5.78 Å². The molecule has 0 bridgehead atoms. The van der Waals surface area contributed by atoms with Gasteiger partial charge in [0.15, 0.2) is 10.8 Å². The lowest BCUT2D eigenvalue weighted by molar-refractivity contribution is 0.101. The number of hydrogen-bond acceptors (Lipinski definition) is 5. The molecule has 0 saturated carbocycles. The number of aryl methyl sites for hydroxylation is 1. The first kappa shape index (κ1) is 9.01. The van der Waals surface area contributed by atoms with Crippen LogP contribution in [-0.4, -0.2) is 25.8 Å². The van der Waals surface area contributed by atoms with Crippen LogP contribution in [0, 0.1) is 0 Å². The lowest BCUT2D eigenvalue weighted by Gasteiger charge is -1.86. The van der Waals surface area contributed by atoms with Crippen LogP contribution in [0.4, 0.5) is 0 Å². The van der Waals surface area contributed by atoms with Gasteiger partial charge >= 0.3 is 0 Å². The number of ketones is 1. The molecule has 5 nitrogen and oxygen atoms in total. The Hall–Kier alpha value is -1.56. The third-order valence-corrected chi connectivity index (χ3v) is 2.61. The van der Waals surface area contributed by atoms with Crippen LogP contribution < -0.4 is 0 Å². The van der Waals surface area contributed by atoms with Crippen molar-refractivity contribution in [3.8, 4) is 11.4 Å². The quantitative estimate of drug-likeness (QED) is 0.694. The molecule has 0 saturated heterocycles. The summed E-state index contributed by atoms with van der Waals surface area (Å²) in [6, 6.07) is 0. The molecule has 72 valence electrons. The fraction of sp³-hybridized carbons (Fsp3) is 0.250. The Balaban J connectivity index is 2.38. The smallest absolute Gasteiger partial charge is 0.188 e. The molecule has 14 heavy (non-hydrogen) atoms. The van der Waals surface area contributed by atoms with Gasteiger partial charge in [-0.3, -0.25) is 4.79 Å². The van der Waals surface area contributed by atoms with E-state index < -0.39 is 0 Å². The molecule has 0 atom stereocenters. The molecule has 0 radical (unpaired) electrons. The summed E-state index contributed by atoms with van der Waals surface area (Å²) in [5.41, 5.74) is 1.39. The number of hydrogen-bond donors (Lipinski definition) is 0. The van der Waals surface area contributed by atoms with Crippen LogP contribution in [0.3, 0.4) is 0 Å². The molecule has 0 fully saturated rings. The van der Waals surface area contributed by atoms with E-state index in [1.165, 1.54) is 23.1 Å². The van der Waals surface area contributed by atoms with E-state index in [0.29, 0.717) is 16.4 Å². The van der Waals surface area contributed by atoms with Crippen molar-refractivity contribution < 1.29 is 4.79 Å². The predicted octanol–water partition coefficient (Wildman–Crippen LogP) is 1.14. The Bertz CT molecular complexity index is 473. The summed E-state index contributed by atoms with van der Waals surface area (Å²) in [5, 5.41) is 10.3. The molecule has 0 aliphatic rings. The Labute approximate surface area is 84.4 Å². The van der Waals surface area contributed by atoms with Gasteiger partial charge in [0.2, 0.25) is 0 Å². The molecule has 0 N–H and O–H groups in total. The van der Waals surface area contributed by atoms with Gasteiger partial charge in [-0.2, -0.15) is 15.0 Å². The first-order valence-electron chi connectivity index (χ1n) is 4.00. The van der Waals surface area contributed by atoms with Gasteiger partial charge < -0.3 is 0 Å². The molecule has 6 heteroatoms. The molecule has 0 aromatic carbocycles. The predicted molar refractivity (Wildman–Crippen MR) is 52.1 cm³/mol. The van der Waals surface area contributed by atoms with Crippen LogP contribution in [0.1, 0.15) is 16.7 Å². The van der Waals surface area contributed by atoms with Crippen molar-refractivity contribution in [2.45, 2.75) is 6.92 Å². The fourth-order valence-electron chi connectivity index (χ4n) is 1.02. The normalized spacial score (nSPS) is 10.4. The van der Waals surface area contributed by atoms with Crippen molar-refractivity contribution in [2.75, 3.05) is 0 Å². The average Bonchev–Trinajstić information content (AvgIpc) is 2.70. The maximum absolute atomic E-state index is 11.0. The zero-order valence-electron chi connectivity index (χ0n) is 7.76. The summed E-state index contributed by atoms with van der Waals surface area (Å²) in [6.07, 6.45) is 1.62. The second kappa shape index (κ2) is 3.30. The van der Waals surface area contributed by atoms with E-state index >= 15 is 0 Å². The maximum Gasteiger partial charge on any atom is 0.188 e. The number of nitrogens with zero attached hydrogens (tertiary/aromatic N) is 4. The second-order valence-electron chi connectivity index (χ2n) is 2.81. The van der Waals surface area contributed by atoms with Gasteiger partial charge in [0.1, 0.15) is 11.4 Å².